The van der Waals surface area contributed by atoms with E-state index in [1.54, 1.807) is 29.0 Å². The van der Waals surface area contributed by atoms with Crippen LogP contribution in [0.2, 0.25) is 0 Å². The van der Waals surface area contributed by atoms with Crippen LogP contribution in [0.1, 0.15) is 18.2 Å². The summed E-state index contributed by atoms with van der Waals surface area (Å²) in [6.45, 7) is 2.46. The van der Waals surface area contributed by atoms with E-state index in [1.807, 2.05) is 53.4 Å². The fourth-order valence-electron chi connectivity index (χ4n) is 3.64. The molecule has 0 unspecified atom stereocenters. The number of rotatable bonds is 7. The Balaban J connectivity index is 1.52. The molecule has 2 aromatic carbocycles. The maximum Gasteiger partial charge on any atom is 0.266 e. The Morgan fingerprint density at radius 3 is 2.59 bits per heavy atom. The summed E-state index contributed by atoms with van der Waals surface area (Å²) < 4.78 is 7.77. The molecule has 1 fully saturated rings. The fraction of sp³-hybridized carbons (Fsp3) is 0.115. The summed E-state index contributed by atoms with van der Waals surface area (Å²) in [6, 6.07) is 22.0. The van der Waals surface area contributed by atoms with Crippen LogP contribution in [0.4, 0.5) is 0 Å². The Bertz CT molecular complexity index is 1340. The predicted molar refractivity (Wildman–Crippen MR) is 143 cm³/mol. The zero-order valence-corrected chi connectivity index (χ0v) is 20.8. The first-order valence-electron chi connectivity index (χ1n) is 10.8. The lowest BCUT2D eigenvalue weighted by molar-refractivity contribution is -0.122. The molecule has 3 heterocycles. The van der Waals surface area contributed by atoms with Crippen LogP contribution < -0.4 is 0 Å². The van der Waals surface area contributed by atoms with Crippen LogP contribution in [0, 0.1) is 0 Å². The van der Waals surface area contributed by atoms with E-state index in [9.17, 15) is 4.79 Å². The maximum absolute atomic E-state index is 13.2. The van der Waals surface area contributed by atoms with Crippen LogP contribution in [0.15, 0.2) is 93.4 Å². The van der Waals surface area contributed by atoms with Gasteiger partial charge < -0.3 is 4.42 Å². The van der Waals surface area contributed by atoms with Crippen molar-refractivity contribution in [3.63, 3.8) is 0 Å². The molecule has 34 heavy (non-hydrogen) atoms. The summed E-state index contributed by atoms with van der Waals surface area (Å²) in [5, 5.41) is 4.88. The number of furan rings is 1. The van der Waals surface area contributed by atoms with Crippen molar-refractivity contribution in [2.24, 2.45) is 0 Å². The molecule has 0 N–H and O–H groups in total. The van der Waals surface area contributed by atoms with Crippen molar-refractivity contribution in [1.82, 2.24) is 14.7 Å². The van der Waals surface area contributed by atoms with Crippen molar-refractivity contribution in [3.05, 3.63) is 95.4 Å². The van der Waals surface area contributed by atoms with E-state index in [0.717, 1.165) is 28.3 Å². The molecule has 0 atom stereocenters. The Kier molecular flexibility index (Phi) is 6.71. The number of nitrogens with zero attached hydrogens (tertiary/aromatic N) is 3. The second kappa shape index (κ2) is 10.0. The summed E-state index contributed by atoms with van der Waals surface area (Å²) in [5.41, 5.74) is 3.62. The number of aromatic nitrogens is 2. The monoisotopic (exact) mass is 503 g/mol. The van der Waals surface area contributed by atoms with Gasteiger partial charge in [-0.25, -0.2) is 4.68 Å². The van der Waals surface area contributed by atoms with Gasteiger partial charge in [-0.05, 0) is 48.2 Å². The van der Waals surface area contributed by atoms with E-state index in [1.165, 1.54) is 16.7 Å². The van der Waals surface area contributed by atoms with Gasteiger partial charge in [0.25, 0.3) is 5.91 Å². The summed E-state index contributed by atoms with van der Waals surface area (Å²) >= 11 is 8.60. The number of amides is 1. The second-order valence-corrected chi connectivity index (χ2v) is 10.5. The highest BCUT2D eigenvalue weighted by Crippen LogP contribution is 2.36. The summed E-state index contributed by atoms with van der Waals surface area (Å²) in [6.07, 6.45) is 5.44. The third-order valence-corrected chi connectivity index (χ3v) is 7.53. The molecule has 1 aliphatic heterocycles. The van der Waals surface area contributed by atoms with E-state index in [4.69, 9.17) is 21.7 Å². The molecule has 1 amide bonds. The molecule has 4 aromatic rings. The summed E-state index contributed by atoms with van der Waals surface area (Å²) in [7, 11) is 0. The van der Waals surface area contributed by atoms with Crippen LogP contribution >= 0.6 is 35.7 Å². The van der Waals surface area contributed by atoms with Crippen LogP contribution in [-0.2, 0) is 11.3 Å². The predicted octanol–water partition coefficient (Wildman–Crippen LogP) is 6.65. The van der Waals surface area contributed by atoms with Gasteiger partial charge in [0, 0.05) is 22.2 Å². The minimum absolute atomic E-state index is 0.125. The molecule has 170 valence electrons. The second-order valence-electron chi connectivity index (χ2n) is 7.52. The molecule has 0 spiro atoms. The van der Waals surface area contributed by atoms with Gasteiger partial charge in [-0.3, -0.25) is 9.69 Å². The molecule has 8 heteroatoms. The first kappa shape index (κ1) is 22.7. The van der Waals surface area contributed by atoms with Gasteiger partial charge in [0.2, 0.25) is 0 Å². The van der Waals surface area contributed by atoms with Gasteiger partial charge >= 0.3 is 0 Å². The minimum atomic E-state index is -0.125. The zero-order chi connectivity index (χ0) is 23.5. The number of thiocarbonyl (C=S) groups is 1. The third kappa shape index (κ3) is 4.75. The molecule has 0 saturated carbocycles. The van der Waals surface area contributed by atoms with E-state index in [0.29, 0.717) is 21.5 Å². The Morgan fingerprint density at radius 2 is 1.88 bits per heavy atom. The number of carbonyl (C=O) groups excluding carboxylic acids is 1. The Morgan fingerprint density at radius 1 is 1.09 bits per heavy atom. The summed E-state index contributed by atoms with van der Waals surface area (Å²) in [4.78, 5) is 16.5. The van der Waals surface area contributed by atoms with E-state index < -0.39 is 0 Å². The zero-order valence-electron chi connectivity index (χ0n) is 18.4. The lowest BCUT2D eigenvalue weighted by Crippen LogP contribution is -2.27. The van der Waals surface area contributed by atoms with Gasteiger partial charge in [-0.15, -0.1) is 11.8 Å². The van der Waals surface area contributed by atoms with Gasteiger partial charge in [0.15, 0.2) is 0 Å². The van der Waals surface area contributed by atoms with Crippen LogP contribution in [0.25, 0.3) is 23.0 Å². The topological polar surface area (TPSA) is 51.3 Å². The van der Waals surface area contributed by atoms with Crippen molar-refractivity contribution < 1.29 is 9.21 Å². The smallest absolute Gasteiger partial charge is 0.266 e. The summed E-state index contributed by atoms with van der Waals surface area (Å²) in [5.74, 6) is 1.59. The van der Waals surface area contributed by atoms with Crippen LogP contribution in [0.3, 0.4) is 0 Å². The fourth-order valence-corrected chi connectivity index (χ4v) is 5.55. The van der Waals surface area contributed by atoms with Crippen molar-refractivity contribution in [2.75, 3.05) is 5.75 Å². The van der Waals surface area contributed by atoms with E-state index >= 15 is 0 Å². The van der Waals surface area contributed by atoms with E-state index in [-0.39, 0.29) is 5.91 Å². The number of thioether (sulfide) groups is 2. The Labute approximate surface area is 211 Å². The molecule has 1 saturated heterocycles. The van der Waals surface area contributed by atoms with Gasteiger partial charge in [-0.1, -0.05) is 61.2 Å². The molecular weight excluding hydrogens is 483 g/mol. The van der Waals surface area contributed by atoms with Gasteiger partial charge in [0.05, 0.1) is 29.1 Å². The van der Waals surface area contributed by atoms with Crippen LogP contribution in [-0.4, -0.2) is 30.7 Å². The quantitative estimate of drug-likeness (QED) is 0.160. The lowest BCUT2D eigenvalue weighted by Gasteiger charge is -2.11. The number of hydrogen-bond acceptors (Lipinski definition) is 6. The maximum atomic E-state index is 13.2. The molecule has 0 aliphatic carbocycles. The average molecular weight is 504 g/mol. The van der Waals surface area contributed by atoms with Gasteiger partial charge in [0.1, 0.15) is 10.1 Å². The third-order valence-electron chi connectivity index (χ3n) is 5.26. The number of carbonyl (C=O) groups is 1. The molecule has 0 bridgehead atoms. The molecule has 5 nitrogen and oxygen atoms in total. The SMILES string of the molecule is CCSc1ccc(-c2nn(-c3ccccc3)cc2/C=C2\SC(=S)N(Cc3ccco3)C2=O)cc1. The minimum Gasteiger partial charge on any atom is -0.467 e. The van der Waals surface area contributed by atoms with Crippen molar-refractivity contribution in [1.29, 1.82) is 0 Å². The van der Waals surface area contributed by atoms with Crippen LogP contribution in [0.5, 0.6) is 0 Å². The molecule has 1 aliphatic rings. The molecule has 5 rings (SSSR count). The standard InChI is InChI=1S/C26H21N3O2S3/c1-2-33-22-12-10-18(11-13-22)24-19(16-29(27-24)20-7-4-3-5-8-20)15-23-25(30)28(26(32)34-23)17-21-9-6-14-31-21/h3-16H,2,17H2,1H3/b23-15-. The highest BCUT2D eigenvalue weighted by molar-refractivity contribution is 8.26. The lowest BCUT2D eigenvalue weighted by atomic mass is 10.1. The Hall–Kier alpha value is -3.07. The number of para-hydroxylation sites is 1. The number of benzene rings is 2. The van der Waals surface area contributed by atoms with E-state index in [2.05, 4.69) is 31.2 Å². The average Bonchev–Trinajstić information content (AvgIpc) is 3.58. The number of hydrogen-bond donors (Lipinski definition) is 0. The highest BCUT2D eigenvalue weighted by Gasteiger charge is 2.33. The van der Waals surface area contributed by atoms with Crippen molar-refractivity contribution in [2.45, 2.75) is 18.4 Å². The first-order valence-corrected chi connectivity index (χ1v) is 13.0. The first-order chi connectivity index (χ1) is 16.6. The molecular formula is C26H21N3O2S3. The van der Waals surface area contributed by atoms with Crippen molar-refractivity contribution in [3.8, 4) is 16.9 Å². The van der Waals surface area contributed by atoms with Crippen molar-refractivity contribution >= 4 is 52.0 Å². The molecule has 0 radical (unpaired) electrons. The highest BCUT2D eigenvalue weighted by atomic mass is 32.2. The largest absolute Gasteiger partial charge is 0.467 e. The molecule has 2 aromatic heterocycles. The normalized spacial score (nSPS) is 15.0. The van der Waals surface area contributed by atoms with Gasteiger partial charge in [-0.2, -0.15) is 5.10 Å².